The van der Waals surface area contributed by atoms with Crippen LogP contribution in [0.1, 0.15) is 30.6 Å². The molecular formula is C11H15NO2S. The number of rotatable bonds is 4. The summed E-state index contributed by atoms with van der Waals surface area (Å²) in [4.78, 5) is 11.7. The van der Waals surface area contributed by atoms with Gasteiger partial charge in [-0.25, -0.2) is 4.79 Å². The third-order valence-electron chi connectivity index (χ3n) is 2.20. The molecule has 0 fully saturated rings. The summed E-state index contributed by atoms with van der Waals surface area (Å²) in [5.74, 6) is -0.973. The Labute approximate surface area is 93.7 Å². The molecule has 1 atom stereocenters. The van der Waals surface area contributed by atoms with Crippen molar-refractivity contribution in [3.05, 3.63) is 23.8 Å². The number of para-hydroxylation sites is 1. The van der Waals surface area contributed by atoms with Crippen LogP contribution in [0.3, 0.4) is 0 Å². The molecule has 0 spiro atoms. The average Bonchev–Trinajstić information content (AvgIpc) is 2.20. The highest BCUT2D eigenvalue weighted by molar-refractivity contribution is 8.00. The summed E-state index contributed by atoms with van der Waals surface area (Å²) in [6, 6.07) is 5.11. The second-order valence-corrected chi connectivity index (χ2v) is 4.84. The summed E-state index contributed by atoms with van der Waals surface area (Å²) in [5, 5.41) is 9.33. The number of nitrogen functional groups attached to an aromatic ring is 1. The largest absolute Gasteiger partial charge is 0.478 e. The van der Waals surface area contributed by atoms with Gasteiger partial charge in [0.2, 0.25) is 0 Å². The van der Waals surface area contributed by atoms with Gasteiger partial charge in [-0.1, -0.05) is 19.9 Å². The fourth-order valence-corrected chi connectivity index (χ4v) is 2.13. The zero-order valence-corrected chi connectivity index (χ0v) is 9.67. The summed E-state index contributed by atoms with van der Waals surface area (Å²) in [6.07, 6.45) is 1.03. The second-order valence-electron chi connectivity index (χ2n) is 3.36. The van der Waals surface area contributed by atoms with Crippen molar-refractivity contribution in [3.63, 3.8) is 0 Å². The fraction of sp³-hybridized carbons (Fsp3) is 0.364. The number of thioether (sulfide) groups is 1. The number of benzene rings is 1. The molecule has 15 heavy (non-hydrogen) atoms. The quantitative estimate of drug-likeness (QED) is 0.611. The molecule has 3 nitrogen and oxygen atoms in total. The number of hydrogen-bond donors (Lipinski definition) is 2. The van der Waals surface area contributed by atoms with E-state index in [-0.39, 0.29) is 5.56 Å². The number of carboxylic acids is 1. The van der Waals surface area contributed by atoms with Crippen molar-refractivity contribution in [2.75, 3.05) is 5.73 Å². The van der Waals surface area contributed by atoms with E-state index in [0.29, 0.717) is 10.9 Å². The Balaban J connectivity index is 2.99. The topological polar surface area (TPSA) is 63.3 Å². The number of carboxylic acid groups (broad SMARTS) is 1. The Morgan fingerprint density at radius 3 is 2.80 bits per heavy atom. The van der Waals surface area contributed by atoms with E-state index in [4.69, 9.17) is 10.8 Å². The van der Waals surface area contributed by atoms with Gasteiger partial charge in [-0.3, -0.25) is 0 Å². The Morgan fingerprint density at radius 1 is 1.60 bits per heavy atom. The first-order valence-electron chi connectivity index (χ1n) is 4.84. The van der Waals surface area contributed by atoms with Gasteiger partial charge >= 0.3 is 5.97 Å². The lowest BCUT2D eigenvalue weighted by Gasteiger charge is -2.11. The Bertz CT molecular complexity index is 366. The van der Waals surface area contributed by atoms with Crippen LogP contribution in [0.2, 0.25) is 0 Å². The SMILES string of the molecule is CCC(C)Sc1cccc(C(=O)O)c1N. The molecule has 0 saturated carbocycles. The molecule has 3 N–H and O–H groups in total. The fourth-order valence-electron chi connectivity index (χ4n) is 1.13. The minimum atomic E-state index is -0.973. The highest BCUT2D eigenvalue weighted by atomic mass is 32.2. The van der Waals surface area contributed by atoms with Crippen molar-refractivity contribution in [2.45, 2.75) is 30.4 Å². The summed E-state index contributed by atoms with van der Waals surface area (Å²) in [6.45, 7) is 4.19. The van der Waals surface area contributed by atoms with E-state index in [1.807, 2.05) is 6.07 Å². The highest BCUT2D eigenvalue weighted by Crippen LogP contribution is 2.31. The number of aromatic carboxylic acids is 1. The molecule has 0 heterocycles. The van der Waals surface area contributed by atoms with Crippen LogP contribution >= 0.6 is 11.8 Å². The molecule has 4 heteroatoms. The van der Waals surface area contributed by atoms with Gasteiger partial charge in [0, 0.05) is 10.1 Å². The van der Waals surface area contributed by atoms with E-state index in [1.54, 1.807) is 17.8 Å². The maximum Gasteiger partial charge on any atom is 0.337 e. The van der Waals surface area contributed by atoms with E-state index in [2.05, 4.69) is 13.8 Å². The van der Waals surface area contributed by atoms with Crippen LogP contribution in [-0.4, -0.2) is 16.3 Å². The lowest BCUT2D eigenvalue weighted by Crippen LogP contribution is -2.04. The normalized spacial score (nSPS) is 12.4. The van der Waals surface area contributed by atoms with Gasteiger partial charge in [-0.15, -0.1) is 11.8 Å². The third-order valence-corrected chi connectivity index (χ3v) is 3.55. The van der Waals surface area contributed by atoms with Gasteiger partial charge in [0.25, 0.3) is 0 Å². The van der Waals surface area contributed by atoms with Crippen molar-refractivity contribution in [3.8, 4) is 0 Å². The Hall–Kier alpha value is -1.16. The number of hydrogen-bond acceptors (Lipinski definition) is 3. The summed E-state index contributed by atoms with van der Waals surface area (Å²) in [7, 11) is 0. The molecule has 1 unspecified atom stereocenters. The lowest BCUT2D eigenvalue weighted by molar-refractivity contribution is 0.0698. The molecule has 1 rings (SSSR count). The van der Waals surface area contributed by atoms with E-state index < -0.39 is 5.97 Å². The Kier molecular flexibility index (Phi) is 4.03. The van der Waals surface area contributed by atoms with Crippen molar-refractivity contribution in [1.82, 2.24) is 0 Å². The van der Waals surface area contributed by atoms with Gasteiger partial charge in [-0.2, -0.15) is 0 Å². The van der Waals surface area contributed by atoms with Crippen LogP contribution in [-0.2, 0) is 0 Å². The maximum atomic E-state index is 10.8. The van der Waals surface area contributed by atoms with Crippen LogP contribution in [0.5, 0.6) is 0 Å². The average molecular weight is 225 g/mol. The summed E-state index contributed by atoms with van der Waals surface area (Å²) < 4.78 is 0. The number of nitrogens with two attached hydrogens (primary N) is 1. The molecule has 0 amide bonds. The highest BCUT2D eigenvalue weighted by Gasteiger charge is 2.12. The lowest BCUT2D eigenvalue weighted by atomic mass is 10.2. The standard InChI is InChI=1S/C11H15NO2S/c1-3-7(2)15-9-6-4-5-8(10(9)12)11(13)14/h4-7H,3,12H2,1-2H3,(H,13,14). The second kappa shape index (κ2) is 5.07. The zero-order valence-electron chi connectivity index (χ0n) is 8.86. The first-order valence-corrected chi connectivity index (χ1v) is 5.72. The molecule has 0 aromatic heterocycles. The van der Waals surface area contributed by atoms with Crippen molar-refractivity contribution >= 4 is 23.4 Å². The van der Waals surface area contributed by atoms with Gasteiger partial charge in [-0.05, 0) is 18.6 Å². The van der Waals surface area contributed by atoms with E-state index in [0.717, 1.165) is 11.3 Å². The molecule has 82 valence electrons. The molecule has 1 aromatic carbocycles. The van der Waals surface area contributed by atoms with Crippen LogP contribution in [0.4, 0.5) is 5.69 Å². The van der Waals surface area contributed by atoms with E-state index >= 15 is 0 Å². The van der Waals surface area contributed by atoms with Crippen LogP contribution in [0.15, 0.2) is 23.1 Å². The smallest absolute Gasteiger partial charge is 0.337 e. The molecule has 0 saturated heterocycles. The summed E-state index contributed by atoms with van der Waals surface area (Å²) >= 11 is 1.61. The predicted molar refractivity (Wildman–Crippen MR) is 63.4 cm³/mol. The molecule has 0 aliphatic rings. The van der Waals surface area contributed by atoms with Crippen molar-refractivity contribution in [2.24, 2.45) is 0 Å². The van der Waals surface area contributed by atoms with Crippen molar-refractivity contribution < 1.29 is 9.90 Å². The van der Waals surface area contributed by atoms with Crippen molar-refractivity contribution in [1.29, 1.82) is 0 Å². The first kappa shape index (κ1) is 11.9. The van der Waals surface area contributed by atoms with Gasteiger partial charge in [0.15, 0.2) is 0 Å². The molecular weight excluding hydrogens is 210 g/mol. The molecule has 0 aliphatic heterocycles. The van der Waals surface area contributed by atoms with Crippen LogP contribution < -0.4 is 5.73 Å². The predicted octanol–water partition coefficient (Wildman–Crippen LogP) is 2.86. The number of anilines is 1. The number of carbonyl (C=O) groups is 1. The monoisotopic (exact) mass is 225 g/mol. The minimum Gasteiger partial charge on any atom is -0.478 e. The third kappa shape index (κ3) is 2.89. The van der Waals surface area contributed by atoms with E-state index in [1.165, 1.54) is 6.07 Å². The Morgan fingerprint density at radius 2 is 2.27 bits per heavy atom. The molecule has 0 radical (unpaired) electrons. The van der Waals surface area contributed by atoms with Gasteiger partial charge in [0.1, 0.15) is 0 Å². The zero-order chi connectivity index (χ0) is 11.4. The minimum absolute atomic E-state index is 0.184. The van der Waals surface area contributed by atoms with Crippen LogP contribution in [0, 0.1) is 0 Å². The van der Waals surface area contributed by atoms with Gasteiger partial charge < -0.3 is 10.8 Å². The van der Waals surface area contributed by atoms with Crippen LogP contribution in [0.25, 0.3) is 0 Å². The molecule has 1 aromatic rings. The molecule has 0 bridgehead atoms. The molecule has 0 aliphatic carbocycles. The van der Waals surface area contributed by atoms with E-state index in [9.17, 15) is 4.79 Å². The summed E-state index contributed by atoms with van der Waals surface area (Å²) in [5.41, 5.74) is 6.34. The maximum absolute atomic E-state index is 10.8. The van der Waals surface area contributed by atoms with Gasteiger partial charge in [0.05, 0.1) is 11.3 Å². The first-order chi connectivity index (χ1) is 7.06.